The van der Waals surface area contributed by atoms with Crippen LogP contribution in [0.3, 0.4) is 0 Å². The summed E-state index contributed by atoms with van der Waals surface area (Å²) in [6.45, 7) is 3.27. The Morgan fingerprint density at radius 1 is 1.15 bits per heavy atom. The summed E-state index contributed by atoms with van der Waals surface area (Å²) >= 11 is 0. The predicted octanol–water partition coefficient (Wildman–Crippen LogP) is 3.47. The zero-order valence-electron chi connectivity index (χ0n) is 11.5. The van der Waals surface area contributed by atoms with Gasteiger partial charge in [0.2, 0.25) is 0 Å². The van der Waals surface area contributed by atoms with E-state index in [4.69, 9.17) is 0 Å². The first-order valence-electron chi connectivity index (χ1n) is 6.61. The van der Waals surface area contributed by atoms with E-state index in [2.05, 4.69) is 5.32 Å². The van der Waals surface area contributed by atoms with Gasteiger partial charge in [0.1, 0.15) is 0 Å². The second-order valence-electron chi connectivity index (χ2n) is 5.20. The van der Waals surface area contributed by atoms with Crippen LogP contribution in [0.25, 0.3) is 0 Å². The average molecular weight is 279 g/mol. The molecule has 0 aliphatic heterocycles. The summed E-state index contributed by atoms with van der Waals surface area (Å²) in [5.74, 6) is 0. The Kier molecular flexibility index (Phi) is 3.87. The second-order valence-corrected chi connectivity index (χ2v) is 5.20. The van der Waals surface area contributed by atoms with Crippen LogP contribution in [-0.4, -0.2) is 15.9 Å². The zero-order valence-corrected chi connectivity index (χ0v) is 11.5. The Morgan fingerprint density at radius 2 is 1.75 bits per heavy atom. The van der Waals surface area contributed by atoms with Crippen LogP contribution in [0.2, 0.25) is 0 Å². The minimum atomic E-state index is -0.559. The van der Waals surface area contributed by atoms with Crippen molar-refractivity contribution in [1.82, 2.24) is 0 Å². The van der Waals surface area contributed by atoms with Gasteiger partial charge in [-0.1, -0.05) is 12.8 Å². The van der Waals surface area contributed by atoms with Gasteiger partial charge in [-0.25, -0.2) is 0 Å². The average Bonchev–Trinajstić information content (AvgIpc) is 2.85. The summed E-state index contributed by atoms with van der Waals surface area (Å²) in [4.78, 5) is 21.4. The molecule has 0 radical (unpaired) electrons. The minimum absolute atomic E-state index is 0.0509. The fourth-order valence-electron chi connectivity index (χ4n) is 2.67. The van der Waals surface area contributed by atoms with E-state index in [0.717, 1.165) is 25.7 Å². The van der Waals surface area contributed by atoms with Crippen LogP contribution in [0.1, 0.15) is 36.8 Å². The second kappa shape index (κ2) is 5.44. The normalized spacial score (nSPS) is 15.3. The van der Waals surface area contributed by atoms with Crippen LogP contribution >= 0.6 is 0 Å². The number of aryl methyl sites for hydroxylation is 1. The molecule has 20 heavy (non-hydrogen) atoms. The van der Waals surface area contributed by atoms with E-state index in [1.807, 2.05) is 0 Å². The third kappa shape index (κ3) is 2.56. The van der Waals surface area contributed by atoms with Crippen molar-refractivity contribution in [2.75, 3.05) is 5.32 Å². The monoisotopic (exact) mass is 279 g/mol. The topological polar surface area (TPSA) is 98.3 Å². The van der Waals surface area contributed by atoms with Crippen molar-refractivity contribution in [1.29, 1.82) is 0 Å². The van der Waals surface area contributed by atoms with Crippen LogP contribution in [-0.2, 0) is 0 Å². The highest BCUT2D eigenvalue weighted by molar-refractivity contribution is 5.78. The molecule has 108 valence electrons. The van der Waals surface area contributed by atoms with Gasteiger partial charge in [0, 0.05) is 17.7 Å². The number of nitrogens with zero attached hydrogens (tertiary/aromatic N) is 2. The lowest BCUT2D eigenvalue weighted by atomic mass is 10.0. The van der Waals surface area contributed by atoms with Crippen LogP contribution in [0.15, 0.2) is 6.07 Å². The van der Waals surface area contributed by atoms with E-state index in [-0.39, 0.29) is 23.1 Å². The molecule has 1 aromatic carbocycles. The maximum absolute atomic E-state index is 11.3. The van der Waals surface area contributed by atoms with Crippen molar-refractivity contribution in [2.45, 2.75) is 45.6 Å². The van der Waals surface area contributed by atoms with Crippen molar-refractivity contribution in [3.63, 3.8) is 0 Å². The maximum Gasteiger partial charge on any atom is 0.302 e. The molecule has 1 N–H and O–H groups in total. The molecule has 1 aromatic rings. The molecule has 2 rings (SSSR count). The SMILES string of the molecule is Cc1cc([N+](=O)[O-])c(NC2CCCC2)c([N+](=O)[O-])c1C. The highest BCUT2D eigenvalue weighted by atomic mass is 16.6. The largest absolute Gasteiger partial charge is 0.371 e. The number of rotatable bonds is 4. The molecule has 1 fully saturated rings. The quantitative estimate of drug-likeness (QED) is 0.672. The van der Waals surface area contributed by atoms with Crippen molar-refractivity contribution < 1.29 is 9.85 Å². The Labute approximate surface area is 116 Å². The maximum atomic E-state index is 11.3. The Morgan fingerprint density at radius 3 is 2.25 bits per heavy atom. The number of hydrogen-bond acceptors (Lipinski definition) is 5. The van der Waals surface area contributed by atoms with Crippen LogP contribution in [0.4, 0.5) is 17.1 Å². The number of benzene rings is 1. The number of anilines is 1. The molecular formula is C13H17N3O4. The Hall–Kier alpha value is -2.18. The predicted molar refractivity (Wildman–Crippen MR) is 75.1 cm³/mol. The summed E-state index contributed by atoms with van der Waals surface area (Å²) in [7, 11) is 0. The van der Waals surface area contributed by atoms with E-state index in [9.17, 15) is 20.2 Å². The van der Waals surface area contributed by atoms with Gasteiger partial charge >= 0.3 is 5.69 Å². The van der Waals surface area contributed by atoms with Gasteiger partial charge in [0.15, 0.2) is 5.69 Å². The van der Waals surface area contributed by atoms with Gasteiger partial charge in [-0.05, 0) is 32.3 Å². The van der Waals surface area contributed by atoms with E-state index < -0.39 is 9.85 Å². The van der Waals surface area contributed by atoms with Crippen LogP contribution < -0.4 is 5.32 Å². The van der Waals surface area contributed by atoms with Gasteiger partial charge in [0.25, 0.3) is 5.69 Å². The third-order valence-electron chi connectivity index (χ3n) is 3.88. The molecular weight excluding hydrogens is 262 g/mol. The number of nitrogens with one attached hydrogen (secondary N) is 1. The molecule has 1 saturated carbocycles. The first-order valence-corrected chi connectivity index (χ1v) is 6.61. The van der Waals surface area contributed by atoms with E-state index >= 15 is 0 Å². The molecule has 0 amide bonds. The first kappa shape index (κ1) is 14.2. The highest BCUT2D eigenvalue weighted by Crippen LogP contribution is 2.40. The van der Waals surface area contributed by atoms with E-state index in [1.54, 1.807) is 13.8 Å². The lowest BCUT2D eigenvalue weighted by Gasteiger charge is -2.15. The summed E-state index contributed by atoms with van der Waals surface area (Å²) in [6.07, 6.45) is 3.87. The lowest BCUT2D eigenvalue weighted by Crippen LogP contribution is -2.17. The summed E-state index contributed by atoms with van der Waals surface area (Å²) in [5, 5.41) is 25.5. The smallest absolute Gasteiger partial charge is 0.302 e. The fourth-order valence-corrected chi connectivity index (χ4v) is 2.67. The molecule has 0 saturated heterocycles. The Bertz CT molecular complexity index is 565. The standard InChI is InChI=1S/C13H17N3O4/c1-8-7-11(15(17)18)12(13(9(8)2)16(19)20)14-10-5-3-4-6-10/h7,10,14H,3-6H2,1-2H3. The minimum Gasteiger partial charge on any atom is -0.371 e. The van der Waals surface area contributed by atoms with Crippen molar-refractivity contribution >= 4 is 17.1 Å². The number of hydrogen-bond donors (Lipinski definition) is 1. The molecule has 0 heterocycles. The van der Waals surface area contributed by atoms with E-state index in [0.29, 0.717) is 11.1 Å². The fraction of sp³-hybridized carbons (Fsp3) is 0.538. The summed E-state index contributed by atoms with van der Waals surface area (Å²) in [6, 6.07) is 1.48. The van der Waals surface area contributed by atoms with Gasteiger partial charge in [0.05, 0.1) is 9.85 Å². The van der Waals surface area contributed by atoms with Gasteiger partial charge < -0.3 is 5.32 Å². The highest BCUT2D eigenvalue weighted by Gasteiger charge is 2.31. The number of nitro benzene ring substituents is 2. The van der Waals surface area contributed by atoms with Crippen molar-refractivity contribution in [2.24, 2.45) is 0 Å². The lowest BCUT2D eigenvalue weighted by molar-refractivity contribution is -0.392. The van der Waals surface area contributed by atoms with Crippen molar-refractivity contribution in [3.05, 3.63) is 37.4 Å². The molecule has 7 nitrogen and oxygen atoms in total. The molecule has 1 aliphatic rings. The molecule has 0 bridgehead atoms. The number of nitro groups is 2. The summed E-state index contributed by atoms with van der Waals surface area (Å²) < 4.78 is 0. The zero-order chi connectivity index (χ0) is 14.9. The molecule has 1 aliphatic carbocycles. The van der Waals surface area contributed by atoms with Gasteiger partial charge in [-0.3, -0.25) is 20.2 Å². The molecule has 0 unspecified atom stereocenters. The first-order chi connectivity index (χ1) is 9.41. The summed E-state index contributed by atoms with van der Waals surface area (Å²) in [5.41, 5.74) is 0.687. The van der Waals surface area contributed by atoms with Gasteiger partial charge in [-0.2, -0.15) is 0 Å². The molecule has 0 aromatic heterocycles. The Balaban J connectivity index is 2.56. The molecule has 0 atom stereocenters. The third-order valence-corrected chi connectivity index (χ3v) is 3.88. The molecule has 0 spiro atoms. The van der Waals surface area contributed by atoms with Crippen LogP contribution in [0, 0.1) is 34.1 Å². The van der Waals surface area contributed by atoms with Gasteiger partial charge in [-0.15, -0.1) is 0 Å². The van der Waals surface area contributed by atoms with Crippen molar-refractivity contribution in [3.8, 4) is 0 Å². The van der Waals surface area contributed by atoms with Crippen LogP contribution in [0.5, 0.6) is 0 Å². The molecule has 7 heteroatoms. The van der Waals surface area contributed by atoms with E-state index in [1.165, 1.54) is 6.07 Å².